The number of aliphatic hydroxyl groups is 1. The fourth-order valence-electron chi connectivity index (χ4n) is 1.85. The van der Waals surface area contributed by atoms with E-state index >= 15 is 0 Å². The lowest BCUT2D eigenvalue weighted by atomic mass is 10.00. The second kappa shape index (κ2) is 4.39. The molecule has 1 fully saturated rings. The van der Waals surface area contributed by atoms with E-state index < -0.39 is 5.60 Å². The molecule has 1 N–H and O–H groups in total. The molecule has 1 aromatic rings. The van der Waals surface area contributed by atoms with Crippen molar-refractivity contribution in [1.29, 1.82) is 0 Å². The molecule has 0 amide bonds. The Kier molecular flexibility index (Phi) is 3.12. The minimum atomic E-state index is -0.805. The molecule has 0 saturated carbocycles. The van der Waals surface area contributed by atoms with Crippen molar-refractivity contribution in [2.45, 2.75) is 25.6 Å². The summed E-state index contributed by atoms with van der Waals surface area (Å²) in [5.74, 6) is 0. The van der Waals surface area contributed by atoms with Gasteiger partial charge in [-0.2, -0.15) is 0 Å². The van der Waals surface area contributed by atoms with Gasteiger partial charge in [0, 0.05) is 19.3 Å². The number of nitrogens with zero attached hydrogens (tertiary/aromatic N) is 2. The highest BCUT2D eigenvalue weighted by Crippen LogP contribution is 2.21. The van der Waals surface area contributed by atoms with Crippen LogP contribution in [0.4, 0.5) is 5.69 Å². The molecule has 4 heteroatoms. The Morgan fingerprint density at radius 3 is 3.00 bits per heavy atom. The zero-order valence-electron chi connectivity index (χ0n) is 9.76. The average molecular weight is 222 g/mol. The van der Waals surface area contributed by atoms with Crippen LogP contribution in [-0.2, 0) is 4.74 Å². The van der Waals surface area contributed by atoms with E-state index in [0.29, 0.717) is 13.2 Å². The van der Waals surface area contributed by atoms with Crippen LogP contribution in [0.2, 0.25) is 0 Å². The number of aromatic nitrogens is 1. The summed E-state index contributed by atoms with van der Waals surface area (Å²) in [5, 5.41) is 9.94. The minimum absolute atomic E-state index is 0.151. The number of anilines is 1. The summed E-state index contributed by atoms with van der Waals surface area (Å²) in [4.78, 5) is 6.30. The third kappa shape index (κ3) is 2.51. The average Bonchev–Trinajstić information content (AvgIpc) is 2.29. The first-order valence-electron chi connectivity index (χ1n) is 5.56. The summed E-state index contributed by atoms with van der Waals surface area (Å²) in [6, 6.07) is 3.95. The van der Waals surface area contributed by atoms with Gasteiger partial charge in [0.2, 0.25) is 0 Å². The number of hydrogen-bond donors (Lipinski definition) is 1. The maximum atomic E-state index is 9.94. The molecular weight excluding hydrogens is 204 g/mol. The molecule has 0 radical (unpaired) electrons. The van der Waals surface area contributed by atoms with Gasteiger partial charge in [-0.15, -0.1) is 0 Å². The highest BCUT2D eigenvalue weighted by molar-refractivity contribution is 5.44. The van der Waals surface area contributed by atoms with E-state index in [2.05, 4.69) is 9.88 Å². The first-order valence-corrected chi connectivity index (χ1v) is 5.56. The summed E-state index contributed by atoms with van der Waals surface area (Å²) in [7, 11) is 0. The molecule has 0 spiro atoms. The third-order valence-corrected chi connectivity index (χ3v) is 2.87. The predicted molar refractivity (Wildman–Crippen MR) is 62.5 cm³/mol. The van der Waals surface area contributed by atoms with Gasteiger partial charge in [-0.3, -0.25) is 4.98 Å². The number of hydrogen-bond acceptors (Lipinski definition) is 4. The highest BCUT2D eigenvalue weighted by atomic mass is 16.5. The first kappa shape index (κ1) is 11.4. The van der Waals surface area contributed by atoms with Crippen molar-refractivity contribution in [3.05, 3.63) is 24.5 Å². The number of morpholine rings is 1. The minimum Gasteiger partial charge on any atom is -0.388 e. The van der Waals surface area contributed by atoms with Crippen LogP contribution in [-0.4, -0.2) is 41.5 Å². The van der Waals surface area contributed by atoms with Gasteiger partial charge >= 0.3 is 0 Å². The van der Waals surface area contributed by atoms with E-state index in [1.165, 1.54) is 0 Å². The van der Waals surface area contributed by atoms with Crippen molar-refractivity contribution in [3.63, 3.8) is 0 Å². The van der Waals surface area contributed by atoms with Crippen LogP contribution < -0.4 is 4.90 Å². The largest absolute Gasteiger partial charge is 0.388 e. The Bertz CT molecular complexity index is 335. The lowest BCUT2D eigenvalue weighted by Gasteiger charge is -2.39. The van der Waals surface area contributed by atoms with Crippen molar-refractivity contribution in [2.24, 2.45) is 0 Å². The molecular formula is C12H18N2O2. The third-order valence-electron chi connectivity index (χ3n) is 2.87. The fourth-order valence-corrected chi connectivity index (χ4v) is 1.85. The molecule has 0 aromatic carbocycles. The van der Waals surface area contributed by atoms with Crippen molar-refractivity contribution < 1.29 is 9.84 Å². The van der Waals surface area contributed by atoms with Gasteiger partial charge in [0.25, 0.3) is 0 Å². The molecule has 4 nitrogen and oxygen atoms in total. The maximum absolute atomic E-state index is 9.94. The molecule has 16 heavy (non-hydrogen) atoms. The van der Waals surface area contributed by atoms with Gasteiger partial charge in [-0.25, -0.2) is 0 Å². The molecule has 1 saturated heterocycles. The Balaban J connectivity index is 2.08. The van der Waals surface area contributed by atoms with Crippen molar-refractivity contribution in [3.8, 4) is 0 Å². The van der Waals surface area contributed by atoms with Crippen molar-refractivity contribution >= 4 is 5.69 Å². The van der Waals surface area contributed by atoms with Crippen LogP contribution >= 0.6 is 0 Å². The topological polar surface area (TPSA) is 45.6 Å². The summed E-state index contributed by atoms with van der Waals surface area (Å²) in [6.45, 7) is 5.76. The van der Waals surface area contributed by atoms with Crippen LogP contribution in [0, 0.1) is 0 Å². The van der Waals surface area contributed by atoms with E-state index in [9.17, 15) is 5.11 Å². The van der Waals surface area contributed by atoms with Crippen LogP contribution in [0.25, 0.3) is 0 Å². The zero-order valence-corrected chi connectivity index (χ0v) is 9.76. The molecule has 1 aliphatic heterocycles. The molecule has 1 aliphatic rings. The Labute approximate surface area is 95.9 Å². The normalized spacial score (nSPS) is 22.2. The summed E-state index contributed by atoms with van der Waals surface area (Å²) >= 11 is 0. The number of rotatable bonds is 2. The van der Waals surface area contributed by atoms with E-state index in [1.54, 1.807) is 20.0 Å². The van der Waals surface area contributed by atoms with Gasteiger partial charge < -0.3 is 14.7 Å². The van der Waals surface area contributed by atoms with Crippen molar-refractivity contribution in [1.82, 2.24) is 4.98 Å². The molecule has 0 bridgehead atoms. The van der Waals surface area contributed by atoms with E-state index in [4.69, 9.17) is 4.74 Å². The van der Waals surface area contributed by atoms with E-state index in [1.807, 2.05) is 18.3 Å². The number of pyridine rings is 1. The molecule has 88 valence electrons. The molecule has 1 aromatic heterocycles. The van der Waals surface area contributed by atoms with Gasteiger partial charge in [-0.1, -0.05) is 0 Å². The quantitative estimate of drug-likeness (QED) is 0.812. The van der Waals surface area contributed by atoms with Crippen LogP contribution in [0.5, 0.6) is 0 Å². The standard InChI is InChI=1S/C12H18N2O2/c1-12(2,15)11-9-14(6-7-16-11)10-4-3-5-13-8-10/h3-5,8,11,15H,6-7,9H2,1-2H3/t11-/m1/s1. The summed E-state index contributed by atoms with van der Waals surface area (Å²) in [6.07, 6.45) is 3.45. The summed E-state index contributed by atoms with van der Waals surface area (Å²) < 4.78 is 5.58. The second-order valence-corrected chi connectivity index (χ2v) is 4.67. The van der Waals surface area contributed by atoms with Gasteiger partial charge in [0.1, 0.15) is 6.10 Å². The highest BCUT2D eigenvalue weighted by Gasteiger charge is 2.32. The monoisotopic (exact) mass is 222 g/mol. The summed E-state index contributed by atoms with van der Waals surface area (Å²) in [5.41, 5.74) is 0.279. The lowest BCUT2D eigenvalue weighted by molar-refractivity contribution is -0.0928. The Morgan fingerprint density at radius 2 is 2.38 bits per heavy atom. The van der Waals surface area contributed by atoms with E-state index in [0.717, 1.165) is 12.2 Å². The van der Waals surface area contributed by atoms with Crippen molar-refractivity contribution in [2.75, 3.05) is 24.6 Å². The van der Waals surface area contributed by atoms with Gasteiger partial charge in [0.05, 0.1) is 24.1 Å². The fraction of sp³-hybridized carbons (Fsp3) is 0.583. The second-order valence-electron chi connectivity index (χ2n) is 4.67. The van der Waals surface area contributed by atoms with Gasteiger partial charge in [0.15, 0.2) is 0 Å². The molecule has 0 aliphatic carbocycles. The van der Waals surface area contributed by atoms with E-state index in [-0.39, 0.29) is 6.10 Å². The van der Waals surface area contributed by atoms with Crippen LogP contribution in [0.1, 0.15) is 13.8 Å². The van der Waals surface area contributed by atoms with Gasteiger partial charge in [-0.05, 0) is 26.0 Å². The molecule has 2 rings (SSSR count). The number of ether oxygens (including phenoxy) is 1. The maximum Gasteiger partial charge on any atom is 0.103 e. The first-order chi connectivity index (χ1) is 7.57. The van der Waals surface area contributed by atoms with Crippen LogP contribution in [0.15, 0.2) is 24.5 Å². The Hall–Kier alpha value is -1.13. The SMILES string of the molecule is CC(C)(O)[C@H]1CN(c2cccnc2)CCO1. The predicted octanol–water partition coefficient (Wildman–Crippen LogP) is 1.06. The molecule has 0 unspecified atom stereocenters. The smallest absolute Gasteiger partial charge is 0.103 e. The lowest BCUT2D eigenvalue weighted by Crippen LogP contribution is -2.52. The zero-order chi connectivity index (χ0) is 11.6. The molecule has 1 atom stereocenters. The molecule has 2 heterocycles. The van der Waals surface area contributed by atoms with Crippen LogP contribution in [0.3, 0.4) is 0 Å². The Morgan fingerprint density at radius 1 is 1.56 bits per heavy atom.